The fourth-order valence-corrected chi connectivity index (χ4v) is 2.48. The summed E-state index contributed by atoms with van der Waals surface area (Å²) >= 11 is 12.1. The van der Waals surface area contributed by atoms with Crippen molar-refractivity contribution in [3.05, 3.63) is 39.9 Å². The molecule has 2 rings (SSSR count). The fraction of sp³-hybridized carbons (Fsp3) is 0.357. The Morgan fingerprint density at radius 2 is 1.74 bits per heavy atom. The number of halogens is 2. The standard InChI is InChI=1S/C14H16Cl2N2O/c1-17-7-9-18(10-8-17)14(19)6-5-11-12(15)3-2-4-13(11)16/h2-6H,7-10H2,1H3. The highest BCUT2D eigenvalue weighted by molar-refractivity contribution is 6.37. The summed E-state index contributed by atoms with van der Waals surface area (Å²) in [6.07, 6.45) is 3.23. The Morgan fingerprint density at radius 1 is 1.16 bits per heavy atom. The molecule has 1 saturated heterocycles. The minimum Gasteiger partial charge on any atom is -0.337 e. The lowest BCUT2D eigenvalue weighted by Gasteiger charge is -2.31. The van der Waals surface area contributed by atoms with Crippen molar-refractivity contribution in [3.63, 3.8) is 0 Å². The SMILES string of the molecule is CN1CCN(C(=O)C=Cc2c(Cl)cccc2Cl)CC1. The zero-order valence-electron chi connectivity index (χ0n) is 10.8. The molecule has 1 aromatic rings. The Balaban J connectivity index is 2.04. The van der Waals surface area contributed by atoms with Crippen LogP contribution in [-0.2, 0) is 4.79 Å². The third-order valence-corrected chi connectivity index (χ3v) is 3.87. The molecule has 0 aromatic heterocycles. The molecule has 1 aromatic carbocycles. The van der Waals surface area contributed by atoms with Crippen LogP contribution in [0.4, 0.5) is 0 Å². The molecule has 19 heavy (non-hydrogen) atoms. The molecular weight excluding hydrogens is 283 g/mol. The van der Waals surface area contributed by atoms with Crippen LogP contribution >= 0.6 is 23.2 Å². The molecule has 1 heterocycles. The van der Waals surface area contributed by atoms with Crippen molar-refractivity contribution in [2.45, 2.75) is 0 Å². The summed E-state index contributed by atoms with van der Waals surface area (Å²) in [6.45, 7) is 3.34. The van der Waals surface area contributed by atoms with Gasteiger partial charge in [-0.15, -0.1) is 0 Å². The number of hydrogen-bond donors (Lipinski definition) is 0. The van der Waals surface area contributed by atoms with E-state index in [0.717, 1.165) is 26.2 Å². The second-order valence-electron chi connectivity index (χ2n) is 4.60. The normalized spacial score (nSPS) is 17.1. The molecule has 1 fully saturated rings. The van der Waals surface area contributed by atoms with Crippen LogP contribution in [0, 0.1) is 0 Å². The first kappa shape index (κ1) is 14.4. The van der Waals surface area contributed by atoms with E-state index in [0.29, 0.717) is 15.6 Å². The molecule has 0 saturated carbocycles. The minimum atomic E-state index is 0.00378. The fourth-order valence-electron chi connectivity index (χ4n) is 1.96. The van der Waals surface area contributed by atoms with Crippen LogP contribution < -0.4 is 0 Å². The van der Waals surface area contributed by atoms with Gasteiger partial charge in [-0.1, -0.05) is 29.3 Å². The number of amides is 1. The Morgan fingerprint density at radius 3 is 2.32 bits per heavy atom. The highest BCUT2D eigenvalue weighted by Gasteiger charge is 2.16. The largest absolute Gasteiger partial charge is 0.337 e. The number of carbonyl (C=O) groups is 1. The molecule has 1 aliphatic rings. The predicted octanol–water partition coefficient (Wildman–Crippen LogP) is 2.78. The Bertz CT molecular complexity index is 474. The molecule has 0 unspecified atom stereocenters. The molecule has 0 bridgehead atoms. The monoisotopic (exact) mass is 298 g/mol. The van der Waals surface area contributed by atoms with Crippen molar-refractivity contribution >= 4 is 35.2 Å². The van der Waals surface area contributed by atoms with E-state index in [4.69, 9.17) is 23.2 Å². The summed E-state index contributed by atoms with van der Waals surface area (Å²) in [5.41, 5.74) is 0.688. The first-order chi connectivity index (χ1) is 9.08. The second kappa shape index (κ2) is 6.42. The van der Waals surface area contributed by atoms with Crippen molar-refractivity contribution in [3.8, 4) is 0 Å². The van der Waals surface area contributed by atoms with E-state index in [1.165, 1.54) is 0 Å². The lowest BCUT2D eigenvalue weighted by molar-refractivity contribution is -0.127. The molecule has 0 N–H and O–H groups in total. The third kappa shape index (κ3) is 3.72. The van der Waals surface area contributed by atoms with Gasteiger partial charge in [0, 0.05) is 47.9 Å². The summed E-state index contributed by atoms with van der Waals surface area (Å²) in [4.78, 5) is 16.1. The average molecular weight is 299 g/mol. The first-order valence-electron chi connectivity index (χ1n) is 6.17. The van der Waals surface area contributed by atoms with Crippen LogP contribution in [0.2, 0.25) is 10.0 Å². The van der Waals surface area contributed by atoms with Crippen LogP contribution in [0.15, 0.2) is 24.3 Å². The van der Waals surface area contributed by atoms with E-state index in [1.807, 2.05) is 4.90 Å². The molecule has 0 aliphatic carbocycles. The van der Waals surface area contributed by atoms with Crippen LogP contribution in [0.25, 0.3) is 6.08 Å². The summed E-state index contributed by atoms with van der Waals surface area (Å²) in [5, 5.41) is 1.10. The maximum atomic E-state index is 12.0. The van der Waals surface area contributed by atoms with Crippen molar-refractivity contribution in [2.24, 2.45) is 0 Å². The molecule has 5 heteroatoms. The second-order valence-corrected chi connectivity index (χ2v) is 5.41. The molecule has 0 radical (unpaired) electrons. The van der Waals surface area contributed by atoms with Crippen molar-refractivity contribution in [1.29, 1.82) is 0 Å². The Kier molecular flexibility index (Phi) is 4.86. The van der Waals surface area contributed by atoms with Gasteiger partial charge in [0.2, 0.25) is 5.91 Å². The number of rotatable bonds is 2. The van der Waals surface area contributed by atoms with E-state index >= 15 is 0 Å². The van der Waals surface area contributed by atoms with Crippen LogP contribution in [0.5, 0.6) is 0 Å². The lowest BCUT2D eigenvalue weighted by atomic mass is 10.2. The van der Waals surface area contributed by atoms with Gasteiger partial charge in [-0.05, 0) is 25.3 Å². The van der Waals surface area contributed by atoms with Crippen molar-refractivity contribution in [1.82, 2.24) is 9.80 Å². The quantitative estimate of drug-likeness (QED) is 0.784. The minimum absolute atomic E-state index is 0.00378. The number of hydrogen-bond acceptors (Lipinski definition) is 2. The smallest absolute Gasteiger partial charge is 0.246 e. The van der Waals surface area contributed by atoms with Gasteiger partial charge in [0.05, 0.1) is 0 Å². The van der Waals surface area contributed by atoms with Crippen molar-refractivity contribution in [2.75, 3.05) is 33.2 Å². The Labute approximate surface area is 123 Å². The van der Waals surface area contributed by atoms with Gasteiger partial charge in [-0.25, -0.2) is 0 Å². The zero-order valence-corrected chi connectivity index (χ0v) is 12.3. The first-order valence-corrected chi connectivity index (χ1v) is 6.93. The number of benzene rings is 1. The third-order valence-electron chi connectivity index (χ3n) is 3.21. The van der Waals surface area contributed by atoms with Crippen LogP contribution in [0.3, 0.4) is 0 Å². The van der Waals surface area contributed by atoms with E-state index in [-0.39, 0.29) is 5.91 Å². The summed E-state index contributed by atoms with van der Waals surface area (Å²) < 4.78 is 0. The highest BCUT2D eigenvalue weighted by atomic mass is 35.5. The van der Waals surface area contributed by atoms with Gasteiger partial charge >= 0.3 is 0 Å². The predicted molar refractivity (Wildman–Crippen MR) is 79.6 cm³/mol. The molecule has 3 nitrogen and oxygen atoms in total. The number of likely N-dealkylation sites (N-methyl/N-ethyl adjacent to an activating group) is 1. The Hall–Kier alpha value is -1.03. The van der Waals surface area contributed by atoms with Crippen LogP contribution in [-0.4, -0.2) is 48.9 Å². The number of carbonyl (C=O) groups excluding carboxylic acids is 1. The van der Waals surface area contributed by atoms with Gasteiger partial charge in [-0.2, -0.15) is 0 Å². The van der Waals surface area contributed by atoms with Gasteiger partial charge in [-0.3, -0.25) is 4.79 Å². The maximum Gasteiger partial charge on any atom is 0.246 e. The summed E-state index contributed by atoms with van der Waals surface area (Å²) in [7, 11) is 2.06. The topological polar surface area (TPSA) is 23.6 Å². The average Bonchev–Trinajstić information content (AvgIpc) is 2.38. The molecule has 102 valence electrons. The van der Waals surface area contributed by atoms with E-state index in [9.17, 15) is 4.79 Å². The van der Waals surface area contributed by atoms with E-state index < -0.39 is 0 Å². The van der Waals surface area contributed by atoms with E-state index in [1.54, 1.807) is 30.4 Å². The highest BCUT2D eigenvalue weighted by Crippen LogP contribution is 2.25. The van der Waals surface area contributed by atoms with Crippen LogP contribution in [0.1, 0.15) is 5.56 Å². The van der Waals surface area contributed by atoms with Gasteiger partial charge in [0.1, 0.15) is 0 Å². The molecule has 1 amide bonds. The molecular formula is C14H16Cl2N2O. The summed E-state index contributed by atoms with van der Waals surface area (Å²) in [6, 6.07) is 5.30. The molecule has 0 atom stereocenters. The lowest BCUT2D eigenvalue weighted by Crippen LogP contribution is -2.46. The van der Waals surface area contributed by atoms with Gasteiger partial charge < -0.3 is 9.80 Å². The number of piperazine rings is 1. The van der Waals surface area contributed by atoms with Crippen molar-refractivity contribution < 1.29 is 4.79 Å². The molecule has 0 spiro atoms. The molecule has 1 aliphatic heterocycles. The zero-order chi connectivity index (χ0) is 13.8. The number of nitrogens with zero attached hydrogens (tertiary/aromatic N) is 2. The van der Waals surface area contributed by atoms with E-state index in [2.05, 4.69) is 11.9 Å². The maximum absolute atomic E-state index is 12.0. The van der Waals surface area contributed by atoms with Gasteiger partial charge in [0.15, 0.2) is 0 Å². The summed E-state index contributed by atoms with van der Waals surface area (Å²) in [5.74, 6) is 0.00378. The van der Waals surface area contributed by atoms with Gasteiger partial charge in [0.25, 0.3) is 0 Å².